The lowest BCUT2D eigenvalue weighted by molar-refractivity contribution is 0.572. The molecule has 0 saturated carbocycles. The van der Waals surface area contributed by atoms with Gasteiger partial charge < -0.3 is 5.32 Å². The van der Waals surface area contributed by atoms with E-state index in [0.717, 1.165) is 28.8 Å². The molecule has 0 saturated heterocycles. The lowest BCUT2D eigenvalue weighted by Gasteiger charge is -2.13. The Morgan fingerprint density at radius 3 is 2.95 bits per heavy atom. The first-order chi connectivity index (χ1) is 10.1. The molecule has 5 heteroatoms. The van der Waals surface area contributed by atoms with Crippen LogP contribution in [0.1, 0.15) is 29.8 Å². The molecule has 1 atom stereocenters. The summed E-state index contributed by atoms with van der Waals surface area (Å²) in [5.41, 5.74) is 4.29. The normalized spacial score (nSPS) is 12.7. The van der Waals surface area contributed by atoms with Crippen LogP contribution in [-0.2, 0) is 13.6 Å². The lowest BCUT2D eigenvalue weighted by Crippen LogP contribution is -2.18. The van der Waals surface area contributed by atoms with E-state index in [1.165, 1.54) is 5.56 Å². The lowest BCUT2D eigenvalue weighted by atomic mass is 10.1. The number of nitrogens with one attached hydrogen (secondary N) is 1. The number of fused-ring (bicyclic) bond motifs is 1. The zero-order valence-electron chi connectivity index (χ0n) is 12.5. The number of aryl methyl sites for hydroxylation is 2. The molecule has 3 aromatic heterocycles. The van der Waals surface area contributed by atoms with Crippen LogP contribution in [0, 0.1) is 6.92 Å². The van der Waals surface area contributed by atoms with Crippen molar-refractivity contribution in [3.05, 3.63) is 53.6 Å². The van der Waals surface area contributed by atoms with E-state index >= 15 is 0 Å². The Kier molecular flexibility index (Phi) is 3.66. The Labute approximate surface area is 124 Å². The van der Waals surface area contributed by atoms with Crippen molar-refractivity contribution in [2.45, 2.75) is 26.4 Å². The van der Waals surface area contributed by atoms with E-state index in [4.69, 9.17) is 0 Å². The molecule has 1 N–H and O–H groups in total. The van der Waals surface area contributed by atoms with Crippen LogP contribution in [0.15, 0.2) is 36.8 Å². The van der Waals surface area contributed by atoms with E-state index in [2.05, 4.69) is 39.4 Å². The van der Waals surface area contributed by atoms with Gasteiger partial charge in [0.15, 0.2) is 5.65 Å². The van der Waals surface area contributed by atoms with Gasteiger partial charge in [0, 0.05) is 43.6 Å². The van der Waals surface area contributed by atoms with Crippen LogP contribution in [0.2, 0.25) is 0 Å². The van der Waals surface area contributed by atoms with E-state index in [1.807, 2.05) is 37.1 Å². The van der Waals surface area contributed by atoms with Crippen molar-refractivity contribution in [1.29, 1.82) is 0 Å². The summed E-state index contributed by atoms with van der Waals surface area (Å²) in [6.07, 6.45) is 5.59. The van der Waals surface area contributed by atoms with Gasteiger partial charge in [0.05, 0.1) is 5.69 Å². The molecule has 3 rings (SSSR count). The highest BCUT2D eigenvalue weighted by Crippen LogP contribution is 2.17. The van der Waals surface area contributed by atoms with Crippen LogP contribution in [0.3, 0.4) is 0 Å². The summed E-state index contributed by atoms with van der Waals surface area (Å²) in [6, 6.07) is 6.45. The Morgan fingerprint density at radius 2 is 2.19 bits per heavy atom. The summed E-state index contributed by atoms with van der Waals surface area (Å²) in [5.74, 6) is 0. The maximum atomic E-state index is 4.50. The Hall–Kier alpha value is -2.27. The van der Waals surface area contributed by atoms with Crippen molar-refractivity contribution in [3.8, 4) is 0 Å². The number of nitrogens with zero attached hydrogens (tertiary/aromatic N) is 4. The molecule has 1 unspecified atom stereocenters. The molecular weight excluding hydrogens is 262 g/mol. The van der Waals surface area contributed by atoms with Gasteiger partial charge in [0.2, 0.25) is 0 Å². The molecule has 0 radical (unpaired) electrons. The molecule has 21 heavy (non-hydrogen) atoms. The van der Waals surface area contributed by atoms with Gasteiger partial charge in [0.25, 0.3) is 0 Å². The second-order valence-corrected chi connectivity index (χ2v) is 5.31. The van der Waals surface area contributed by atoms with Crippen LogP contribution in [0.4, 0.5) is 0 Å². The third-order valence-electron chi connectivity index (χ3n) is 3.72. The van der Waals surface area contributed by atoms with Crippen molar-refractivity contribution in [1.82, 2.24) is 25.1 Å². The monoisotopic (exact) mass is 281 g/mol. The standard InChI is InChI=1S/C16H19N5/c1-11(14-5-4-6-17-10-14)18-8-13-7-15-12(2)20-21(3)16(15)19-9-13/h4-7,9-11,18H,8H2,1-3H3. The Bertz CT molecular complexity index is 748. The molecule has 0 bridgehead atoms. The predicted octanol–water partition coefficient (Wildman–Crippen LogP) is 2.52. The minimum atomic E-state index is 0.254. The van der Waals surface area contributed by atoms with Crippen molar-refractivity contribution in [2.24, 2.45) is 7.05 Å². The zero-order valence-corrected chi connectivity index (χ0v) is 12.5. The van der Waals surface area contributed by atoms with E-state index in [9.17, 15) is 0 Å². The average molecular weight is 281 g/mol. The van der Waals surface area contributed by atoms with Crippen LogP contribution >= 0.6 is 0 Å². The smallest absolute Gasteiger partial charge is 0.157 e. The maximum absolute atomic E-state index is 4.50. The molecule has 0 fully saturated rings. The first-order valence-corrected chi connectivity index (χ1v) is 7.06. The average Bonchev–Trinajstić information content (AvgIpc) is 2.80. The minimum absolute atomic E-state index is 0.254. The molecular formula is C16H19N5. The topological polar surface area (TPSA) is 55.6 Å². The van der Waals surface area contributed by atoms with E-state index < -0.39 is 0 Å². The molecule has 3 heterocycles. The highest BCUT2D eigenvalue weighted by atomic mass is 15.3. The van der Waals surface area contributed by atoms with Crippen LogP contribution < -0.4 is 5.32 Å². The summed E-state index contributed by atoms with van der Waals surface area (Å²) >= 11 is 0. The second-order valence-electron chi connectivity index (χ2n) is 5.31. The highest BCUT2D eigenvalue weighted by molar-refractivity contribution is 5.78. The van der Waals surface area contributed by atoms with Crippen LogP contribution in [0.25, 0.3) is 11.0 Å². The quantitative estimate of drug-likeness (QED) is 0.798. The van der Waals surface area contributed by atoms with E-state index in [-0.39, 0.29) is 6.04 Å². The van der Waals surface area contributed by atoms with Crippen molar-refractivity contribution < 1.29 is 0 Å². The highest BCUT2D eigenvalue weighted by Gasteiger charge is 2.08. The van der Waals surface area contributed by atoms with Crippen LogP contribution in [0.5, 0.6) is 0 Å². The fourth-order valence-electron chi connectivity index (χ4n) is 2.47. The molecule has 3 aromatic rings. The summed E-state index contributed by atoms with van der Waals surface area (Å²) < 4.78 is 1.82. The summed E-state index contributed by atoms with van der Waals surface area (Å²) in [7, 11) is 1.92. The SMILES string of the molecule is Cc1nn(C)c2ncc(CNC(C)c3cccnc3)cc12. The maximum Gasteiger partial charge on any atom is 0.157 e. The molecule has 5 nitrogen and oxygen atoms in total. The first kappa shape index (κ1) is 13.7. The van der Waals surface area contributed by atoms with Gasteiger partial charge in [-0.3, -0.25) is 9.67 Å². The van der Waals surface area contributed by atoms with Crippen molar-refractivity contribution in [2.75, 3.05) is 0 Å². The molecule has 0 aliphatic rings. The number of hydrogen-bond acceptors (Lipinski definition) is 4. The fraction of sp³-hybridized carbons (Fsp3) is 0.312. The van der Waals surface area contributed by atoms with Crippen molar-refractivity contribution in [3.63, 3.8) is 0 Å². The largest absolute Gasteiger partial charge is 0.306 e. The number of rotatable bonds is 4. The first-order valence-electron chi connectivity index (χ1n) is 7.06. The Morgan fingerprint density at radius 1 is 1.33 bits per heavy atom. The molecule has 0 aliphatic carbocycles. The van der Waals surface area contributed by atoms with Crippen molar-refractivity contribution >= 4 is 11.0 Å². The molecule has 0 aromatic carbocycles. The van der Waals surface area contributed by atoms with Gasteiger partial charge in [-0.05, 0) is 37.1 Å². The number of pyridine rings is 2. The summed E-state index contributed by atoms with van der Waals surface area (Å²) in [6.45, 7) is 4.92. The molecule has 0 spiro atoms. The minimum Gasteiger partial charge on any atom is -0.306 e. The number of aromatic nitrogens is 4. The zero-order chi connectivity index (χ0) is 14.8. The molecule has 0 amide bonds. The van der Waals surface area contributed by atoms with Gasteiger partial charge in [-0.15, -0.1) is 0 Å². The predicted molar refractivity (Wildman–Crippen MR) is 82.7 cm³/mol. The van der Waals surface area contributed by atoms with E-state index in [0.29, 0.717) is 0 Å². The molecule has 0 aliphatic heterocycles. The van der Waals surface area contributed by atoms with Gasteiger partial charge in [-0.1, -0.05) is 6.07 Å². The van der Waals surface area contributed by atoms with E-state index in [1.54, 1.807) is 6.20 Å². The van der Waals surface area contributed by atoms with Gasteiger partial charge in [-0.2, -0.15) is 5.10 Å². The third kappa shape index (κ3) is 2.78. The fourth-order valence-corrected chi connectivity index (χ4v) is 2.47. The van der Waals surface area contributed by atoms with Gasteiger partial charge in [0.1, 0.15) is 0 Å². The van der Waals surface area contributed by atoms with Gasteiger partial charge in [-0.25, -0.2) is 4.98 Å². The molecule has 108 valence electrons. The summed E-state index contributed by atoms with van der Waals surface area (Å²) in [5, 5.41) is 9.02. The second kappa shape index (κ2) is 5.61. The third-order valence-corrected chi connectivity index (χ3v) is 3.72. The van der Waals surface area contributed by atoms with Gasteiger partial charge >= 0.3 is 0 Å². The Balaban J connectivity index is 1.75. The number of hydrogen-bond donors (Lipinski definition) is 1. The van der Waals surface area contributed by atoms with Crippen LogP contribution in [-0.4, -0.2) is 19.7 Å². The summed E-state index contributed by atoms with van der Waals surface area (Å²) in [4.78, 5) is 8.65.